The lowest BCUT2D eigenvalue weighted by molar-refractivity contribution is -0.137. The van der Waals surface area contributed by atoms with Gasteiger partial charge < -0.3 is 31.1 Å². The molecule has 416 valence electrons. The van der Waals surface area contributed by atoms with Gasteiger partial charge in [0, 0.05) is 26.2 Å². The molecule has 6 N–H and O–H groups in total. The highest BCUT2D eigenvalue weighted by molar-refractivity contribution is 5.96. The molecule has 1 rings (SSSR count). The van der Waals surface area contributed by atoms with Crippen LogP contribution >= 0.6 is 0 Å². The van der Waals surface area contributed by atoms with Gasteiger partial charge in [-0.3, -0.25) is 19.4 Å². The first-order valence-electron chi connectivity index (χ1n) is 30.9. The van der Waals surface area contributed by atoms with E-state index in [1.807, 2.05) is 0 Å². The van der Waals surface area contributed by atoms with E-state index in [4.69, 9.17) is 0 Å². The second-order valence-electron chi connectivity index (χ2n) is 22.3. The van der Waals surface area contributed by atoms with E-state index in [2.05, 4.69) is 48.1 Å². The van der Waals surface area contributed by atoms with Gasteiger partial charge in [-0.15, -0.1) is 0 Å². The van der Waals surface area contributed by atoms with E-state index >= 15 is 0 Å². The number of rotatable bonds is 54. The Bertz CT molecular complexity index is 1010. The second-order valence-corrected chi connectivity index (χ2v) is 22.3. The summed E-state index contributed by atoms with van der Waals surface area (Å²) in [5, 5.41) is 50.3. The third-order valence-corrected chi connectivity index (χ3v) is 15.1. The SMILES string of the molecule is CCCCCCCCCCC(O)CN(CCCCC1NC(=O)C(CCCCN(CC(O)CCCCCCCCCC)CC(O)CCCCCCCCCC)NC1=O)CC(O)CCCCCCCCCC. The molecule has 0 aromatic heterocycles. The van der Waals surface area contributed by atoms with Gasteiger partial charge in [0.25, 0.3) is 0 Å². The highest BCUT2D eigenvalue weighted by atomic mass is 16.3. The van der Waals surface area contributed by atoms with Crippen LogP contribution in [0.25, 0.3) is 0 Å². The van der Waals surface area contributed by atoms with E-state index in [9.17, 15) is 30.0 Å². The number of hydrogen-bond donors (Lipinski definition) is 6. The van der Waals surface area contributed by atoms with Gasteiger partial charge in [-0.05, 0) is 77.3 Å². The summed E-state index contributed by atoms with van der Waals surface area (Å²) >= 11 is 0. The van der Waals surface area contributed by atoms with Crippen molar-refractivity contribution in [3.63, 3.8) is 0 Å². The third-order valence-electron chi connectivity index (χ3n) is 15.1. The fraction of sp³-hybridized carbons (Fsp3) is 0.967. The predicted molar refractivity (Wildman–Crippen MR) is 297 cm³/mol. The Morgan fingerprint density at radius 3 is 0.771 bits per heavy atom. The fourth-order valence-corrected chi connectivity index (χ4v) is 10.6. The van der Waals surface area contributed by atoms with E-state index in [-0.39, 0.29) is 11.8 Å². The smallest absolute Gasteiger partial charge is 0.243 e. The molecule has 0 saturated carbocycles. The first-order valence-corrected chi connectivity index (χ1v) is 30.9. The maximum Gasteiger partial charge on any atom is 0.243 e. The van der Waals surface area contributed by atoms with Crippen molar-refractivity contribution in [3.8, 4) is 0 Å². The van der Waals surface area contributed by atoms with Crippen molar-refractivity contribution in [2.24, 2.45) is 0 Å². The van der Waals surface area contributed by atoms with Crippen molar-refractivity contribution in [3.05, 3.63) is 0 Å². The molecule has 2 amide bonds. The summed E-state index contributed by atoms with van der Waals surface area (Å²) in [4.78, 5) is 31.0. The lowest BCUT2D eigenvalue weighted by Crippen LogP contribution is -2.61. The Hall–Kier alpha value is -1.30. The van der Waals surface area contributed by atoms with E-state index in [0.29, 0.717) is 39.0 Å². The van der Waals surface area contributed by atoms with Crippen LogP contribution in [0.5, 0.6) is 0 Å². The van der Waals surface area contributed by atoms with Gasteiger partial charge in [-0.2, -0.15) is 0 Å². The van der Waals surface area contributed by atoms with Crippen LogP contribution in [0.1, 0.15) is 297 Å². The van der Waals surface area contributed by atoms with Gasteiger partial charge in [-0.25, -0.2) is 0 Å². The number of carbonyl (C=O) groups excluding carboxylic acids is 2. The molecular weight excluding hydrogens is 873 g/mol. The van der Waals surface area contributed by atoms with Crippen LogP contribution in [-0.4, -0.2) is 118 Å². The monoisotopic (exact) mass is 993 g/mol. The summed E-state index contributed by atoms with van der Waals surface area (Å²) in [6.45, 7) is 12.7. The van der Waals surface area contributed by atoms with E-state index < -0.39 is 36.5 Å². The Kier molecular flexibility index (Phi) is 46.3. The van der Waals surface area contributed by atoms with Gasteiger partial charge in [0.05, 0.1) is 24.4 Å². The molecule has 0 aliphatic carbocycles. The highest BCUT2D eigenvalue weighted by Gasteiger charge is 2.33. The number of nitrogens with zero attached hydrogens (tertiary/aromatic N) is 2. The summed E-state index contributed by atoms with van der Waals surface area (Å²) in [6, 6.07) is -1.09. The lowest BCUT2D eigenvalue weighted by atomic mass is 10.0. The molecule has 1 saturated heterocycles. The Morgan fingerprint density at radius 1 is 0.329 bits per heavy atom. The van der Waals surface area contributed by atoms with Crippen molar-refractivity contribution < 1.29 is 30.0 Å². The van der Waals surface area contributed by atoms with Gasteiger partial charge >= 0.3 is 0 Å². The van der Waals surface area contributed by atoms with Gasteiger partial charge in [0.15, 0.2) is 0 Å². The zero-order chi connectivity index (χ0) is 51.1. The van der Waals surface area contributed by atoms with Crippen LogP contribution in [0.3, 0.4) is 0 Å². The van der Waals surface area contributed by atoms with Crippen molar-refractivity contribution in [2.75, 3.05) is 39.3 Å². The normalized spacial score (nSPS) is 17.1. The molecule has 1 aliphatic rings. The highest BCUT2D eigenvalue weighted by Crippen LogP contribution is 2.18. The molecule has 1 fully saturated rings. The summed E-state index contributed by atoms with van der Waals surface area (Å²) in [5.41, 5.74) is 0. The van der Waals surface area contributed by atoms with Crippen LogP contribution in [0.15, 0.2) is 0 Å². The molecule has 10 heteroatoms. The minimum absolute atomic E-state index is 0.113. The molecule has 6 atom stereocenters. The molecule has 0 aromatic rings. The van der Waals surface area contributed by atoms with Crippen LogP contribution in [0.4, 0.5) is 0 Å². The largest absolute Gasteiger partial charge is 0.392 e. The summed E-state index contributed by atoms with van der Waals surface area (Å²) < 4.78 is 0. The Balaban J connectivity index is 2.60. The van der Waals surface area contributed by atoms with Gasteiger partial charge in [0.2, 0.25) is 11.8 Å². The topological polar surface area (TPSA) is 146 Å². The van der Waals surface area contributed by atoms with Crippen molar-refractivity contribution in [2.45, 2.75) is 334 Å². The molecule has 1 heterocycles. The molecule has 0 spiro atoms. The van der Waals surface area contributed by atoms with Crippen LogP contribution in [0, 0.1) is 0 Å². The van der Waals surface area contributed by atoms with Crippen molar-refractivity contribution >= 4 is 11.8 Å². The Labute approximate surface area is 433 Å². The van der Waals surface area contributed by atoms with E-state index in [1.165, 1.54) is 154 Å². The van der Waals surface area contributed by atoms with Crippen LogP contribution < -0.4 is 10.6 Å². The quantitative estimate of drug-likeness (QED) is 0.0331. The fourth-order valence-electron chi connectivity index (χ4n) is 10.6. The van der Waals surface area contributed by atoms with Crippen molar-refractivity contribution in [1.29, 1.82) is 0 Å². The first kappa shape index (κ1) is 66.7. The third kappa shape index (κ3) is 40.1. The number of unbranched alkanes of at least 4 members (excludes halogenated alkanes) is 30. The Morgan fingerprint density at radius 2 is 0.543 bits per heavy atom. The molecule has 0 bridgehead atoms. The zero-order valence-electron chi connectivity index (χ0n) is 46.9. The van der Waals surface area contributed by atoms with Crippen molar-refractivity contribution in [1.82, 2.24) is 20.4 Å². The predicted octanol–water partition coefficient (Wildman–Crippen LogP) is 13.5. The lowest BCUT2D eigenvalue weighted by Gasteiger charge is -2.31. The average Bonchev–Trinajstić information content (AvgIpc) is 3.33. The summed E-state index contributed by atoms with van der Waals surface area (Å²) in [5.74, 6) is -0.226. The molecule has 0 aromatic carbocycles. The molecule has 70 heavy (non-hydrogen) atoms. The first-order chi connectivity index (χ1) is 34.1. The number of piperazine rings is 1. The standard InChI is InChI=1S/C60H120N4O6/c1-5-9-13-17-21-25-29-33-41-53(65)49-63(50-54(66)42-34-30-26-22-18-14-10-6-2)47-39-37-45-57-59(69)62-58(60(70)61-57)46-38-40-48-64(51-55(67)43-35-31-27-23-19-15-11-7-3)52-56(68)44-36-32-28-24-20-16-12-8-4/h53-58,65-68H,5-52H2,1-4H3,(H,61,70)(H,62,69). The summed E-state index contributed by atoms with van der Waals surface area (Å²) in [6.07, 6.45) is 45.6. The van der Waals surface area contributed by atoms with E-state index in [1.54, 1.807) is 0 Å². The summed E-state index contributed by atoms with van der Waals surface area (Å²) in [7, 11) is 0. The van der Waals surface area contributed by atoms with Gasteiger partial charge in [0.1, 0.15) is 12.1 Å². The number of amides is 2. The molecule has 10 nitrogen and oxygen atoms in total. The van der Waals surface area contributed by atoms with Gasteiger partial charge in [-0.1, -0.05) is 233 Å². The minimum atomic E-state index is -0.544. The number of nitrogens with one attached hydrogen (secondary N) is 2. The number of aliphatic hydroxyl groups is 4. The maximum atomic E-state index is 13.3. The number of aliphatic hydroxyl groups excluding tert-OH is 4. The zero-order valence-corrected chi connectivity index (χ0v) is 46.9. The number of hydrogen-bond acceptors (Lipinski definition) is 8. The molecular formula is C60H120N4O6. The molecule has 1 aliphatic heterocycles. The average molecular weight is 994 g/mol. The molecule has 0 radical (unpaired) electrons. The van der Waals surface area contributed by atoms with E-state index in [0.717, 1.165) is 116 Å². The minimum Gasteiger partial charge on any atom is -0.392 e. The molecule has 6 unspecified atom stereocenters. The van der Waals surface area contributed by atoms with Crippen LogP contribution in [-0.2, 0) is 9.59 Å². The van der Waals surface area contributed by atoms with Crippen LogP contribution in [0.2, 0.25) is 0 Å². The number of carbonyl (C=O) groups is 2. The second kappa shape index (κ2) is 48.6. The maximum absolute atomic E-state index is 13.3.